The predicted octanol–water partition coefficient (Wildman–Crippen LogP) is 1.62. The second-order valence-corrected chi connectivity index (χ2v) is 5.06. The molecule has 9 heteroatoms. The standard InChI is InChI=1S/C14H12ClN5O3/c1-3-23-14(22)10-12(11-7(2)16-4-5-17-11)19-20-9(21)6-8(15)18-13(10)20/h4-6,18H,3H2,1-2H3. The van der Waals surface area contributed by atoms with E-state index in [0.29, 0.717) is 11.4 Å². The van der Waals surface area contributed by atoms with Gasteiger partial charge in [0.2, 0.25) is 0 Å². The number of nitrogens with one attached hydrogen (secondary N) is 1. The van der Waals surface area contributed by atoms with Crippen LogP contribution in [0.25, 0.3) is 17.0 Å². The van der Waals surface area contributed by atoms with Crippen molar-refractivity contribution in [2.75, 3.05) is 6.61 Å². The molecule has 3 rings (SSSR count). The third kappa shape index (κ3) is 2.57. The monoisotopic (exact) mass is 333 g/mol. The minimum atomic E-state index is -0.625. The van der Waals surface area contributed by atoms with Gasteiger partial charge in [0.25, 0.3) is 5.56 Å². The second-order valence-electron chi connectivity index (χ2n) is 4.65. The van der Waals surface area contributed by atoms with Crippen LogP contribution < -0.4 is 5.56 Å². The Morgan fingerprint density at radius 3 is 2.78 bits per heavy atom. The fraction of sp³-hybridized carbons (Fsp3) is 0.214. The van der Waals surface area contributed by atoms with Gasteiger partial charge in [-0.05, 0) is 13.8 Å². The Labute approximate surface area is 135 Å². The third-order valence-corrected chi connectivity index (χ3v) is 3.37. The number of carbonyl (C=O) groups excluding carboxylic acids is 1. The molecule has 0 bridgehead atoms. The summed E-state index contributed by atoms with van der Waals surface area (Å²) < 4.78 is 6.13. The number of fused-ring (bicyclic) bond motifs is 1. The van der Waals surface area contributed by atoms with Gasteiger partial charge in [-0.25, -0.2) is 4.79 Å². The molecule has 0 unspecified atom stereocenters. The molecule has 3 aromatic heterocycles. The van der Waals surface area contributed by atoms with Crippen LogP contribution in [0.15, 0.2) is 23.3 Å². The van der Waals surface area contributed by atoms with E-state index in [0.717, 1.165) is 4.52 Å². The minimum absolute atomic E-state index is 0.0926. The topological polar surface area (TPSA) is 102 Å². The molecule has 0 saturated heterocycles. The first-order valence-corrected chi connectivity index (χ1v) is 7.17. The first-order valence-electron chi connectivity index (χ1n) is 6.79. The molecule has 1 N–H and O–H groups in total. The van der Waals surface area contributed by atoms with Crippen molar-refractivity contribution in [3.05, 3.63) is 45.2 Å². The van der Waals surface area contributed by atoms with Gasteiger partial charge in [-0.2, -0.15) is 9.61 Å². The number of carbonyl (C=O) groups is 1. The van der Waals surface area contributed by atoms with Crippen LogP contribution in [0.5, 0.6) is 0 Å². The molecule has 8 nitrogen and oxygen atoms in total. The van der Waals surface area contributed by atoms with Crippen LogP contribution in [0, 0.1) is 6.92 Å². The van der Waals surface area contributed by atoms with Gasteiger partial charge in [-0.1, -0.05) is 11.6 Å². The minimum Gasteiger partial charge on any atom is -0.462 e. The van der Waals surface area contributed by atoms with Crippen molar-refractivity contribution in [3.63, 3.8) is 0 Å². The van der Waals surface area contributed by atoms with E-state index in [4.69, 9.17) is 16.3 Å². The number of halogens is 1. The summed E-state index contributed by atoms with van der Waals surface area (Å²) in [5, 5.41) is 4.29. The summed E-state index contributed by atoms with van der Waals surface area (Å²) in [5.41, 5.74) is 0.950. The molecule has 0 aliphatic heterocycles. The molecule has 0 saturated carbocycles. The van der Waals surface area contributed by atoms with Gasteiger partial charge in [0.05, 0.1) is 12.3 Å². The van der Waals surface area contributed by atoms with Crippen molar-refractivity contribution in [1.82, 2.24) is 24.6 Å². The van der Waals surface area contributed by atoms with Gasteiger partial charge in [0.15, 0.2) is 5.65 Å². The van der Waals surface area contributed by atoms with Gasteiger partial charge in [-0.15, -0.1) is 0 Å². The molecule has 3 aromatic rings. The van der Waals surface area contributed by atoms with Crippen molar-refractivity contribution >= 4 is 23.2 Å². The lowest BCUT2D eigenvalue weighted by molar-refractivity contribution is 0.0529. The Morgan fingerprint density at radius 2 is 2.09 bits per heavy atom. The molecule has 0 aromatic carbocycles. The van der Waals surface area contributed by atoms with E-state index >= 15 is 0 Å². The normalized spacial score (nSPS) is 10.9. The molecule has 0 aliphatic rings. The fourth-order valence-corrected chi connectivity index (χ4v) is 2.40. The van der Waals surface area contributed by atoms with E-state index in [2.05, 4.69) is 20.1 Å². The summed E-state index contributed by atoms with van der Waals surface area (Å²) in [6.07, 6.45) is 3.01. The van der Waals surface area contributed by atoms with Crippen LogP contribution in [-0.4, -0.2) is 37.1 Å². The molecule has 0 spiro atoms. The molecule has 0 radical (unpaired) electrons. The summed E-state index contributed by atoms with van der Waals surface area (Å²) in [7, 11) is 0. The van der Waals surface area contributed by atoms with Crippen molar-refractivity contribution < 1.29 is 9.53 Å². The van der Waals surface area contributed by atoms with Crippen LogP contribution in [0.1, 0.15) is 23.0 Å². The highest BCUT2D eigenvalue weighted by molar-refractivity contribution is 6.29. The SMILES string of the molecule is CCOC(=O)c1c(-c2nccnc2C)nn2c(=O)cc(Cl)[nH]c12. The first-order chi connectivity index (χ1) is 11.0. The fourth-order valence-electron chi connectivity index (χ4n) is 2.21. The number of esters is 1. The summed E-state index contributed by atoms with van der Waals surface area (Å²) in [4.78, 5) is 35.5. The van der Waals surface area contributed by atoms with E-state index in [1.54, 1.807) is 13.8 Å². The van der Waals surface area contributed by atoms with Gasteiger partial charge in [-0.3, -0.25) is 14.8 Å². The number of aryl methyl sites for hydroxylation is 1. The zero-order valence-electron chi connectivity index (χ0n) is 12.3. The maximum atomic E-state index is 12.4. The quantitative estimate of drug-likeness (QED) is 0.577. The lowest BCUT2D eigenvalue weighted by Crippen LogP contribution is -2.14. The van der Waals surface area contributed by atoms with E-state index < -0.39 is 11.5 Å². The summed E-state index contributed by atoms with van der Waals surface area (Å²) in [5.74, 6) is -0.625. The number of aromatic amines is 1. The lowest BCUT2D eigenvalue weighted by atomic mass is 10.1. The van der Waals surface area contributed by atoms with Crippen LogP contribution in [0.2, 0.25) is 5.15 Å². The number of hydrogen-bond acceptors (Lipinski definition) is 6. The highest BCUT2D eigenvalue weighted by atomic mass is 35.5. The Balaban J connectivity index is 2.39. The van der Waals surface area contributed by atoms with Crippen molar-refractivity contribution in [2.24, 2.45) is 0 Å². The number of aromatic nitrogens is 5. The highest BCUT2D eigenvalue weighted by Gasteiger charge is 2.26. The zero-order chi connectivity index (χ0) is 16.6. The Morgan fingerprint density at radius 1 is 1.35 bits per heavy atom. The van der Waals surface area contributed by atoms with E-state index in [-0.39, 0.29) is 28.7 Å². The van der Waals surface area contributed by atoms with E-state index in [9.17, 15) is 9.59 Å². The number of hydrogen-bond donors (Lipinski definition) is 1. The summed E-state index contributed by atoms with van der Waals surface area (Å²) in [6.45, 7) is 3.60. The van der Waals surface area contributed by atoms with Crippen molar-refractivity contribution in [1.29, 1.82) is 0 Å². The Bertz CT molecular complexity index is 963. The highest BCUT2D eigenvalue weighted by Crippen LogP contribution is 2.26. The molecular formula is C14H12ClN5O3. The van der Waals surface area contributed by atoms with Crippen molar-refractivity contribution in [3.8, 4) is 11.4 Å². The Hall–Kier alpha value is -2.74. The van der Waals surface area contributed by atoms with Crippen LogP contribution in [0.3, 0.4) is 0 Å². The first kappa shape index (κ1) is 15.2. The van der Waals surface area contributed by atoms with Crippen LogP contribution in [0.4, 0.5) is 0 Å². The van der Waals surface area contributed by atoms with E-state index in [1.165, 1.54) is 18.5 Å². The van der Waals surface area contributed by atoms with E-state index in [1.807, 2.05) is 0 Å². The Kier molecular flexibility index (Phi) is 3.83. The van der Waals surface area contributed by atoms with Gasteiger partial charge < -0.3 is 9.72 Å². The molecule has 0 amide bonds. The third-order valence-electron chi connectivity index (χ3n) is 3.17. The number of ether oxygens (including phenoxy) is 1. The van der Waals surface area contributed by atoms with Gasteiger partial charge in [0, 0.05) is 18.5 Å². The lowest BCUT2D eigenvalue weighted by Gasteiger charge is -2.04. The molecule has 118 valence electrons. The number of H-pyrrole nitrogens is 1. The smallest absolute Gasteiger partial charge is 0.344 e. The predicted molar refractivity (Wildman–Crippen MR) is 82.5 cm³/mol. The molecule has 0 fully saturated rings. The maximum absolute atomic E-state index is 12.4. The van der Waals surface area contributed by atoms with Crippen LogP contribution >= 0.6 is 11.6 Å². The molecule has 0 atom stereocenters. The van der Waals surface area contributed by atoms with Crippen molar-refractivity contribution in [2.45, 2.75) is 13.8 Å². The number of nitrogens with zero attached hydrogens (tertiary/aromatic N) is 4. The summed E-state index contributed by atoms with van der Waals surface area (Å²) in [6, 6.07) is 1.17. The number of rotatable bonds is 3. The zero-order valence-corrected chi connectivity index (χ0v) is 13.1. The molecule has 3 heterocycles. The molecule has 0 aliphatic carbocycles. The average molecular weight is 334 g/mol. The van der Waals surface area contributed by atoms with Gasteiger partial charge in [0.1, 0.15) is 22.1 Å². The molecular weight excluding hydrogens is 322 g/mol. The maximum Gasteiger partial charge on any atom is 0.344 e. The van der Waals surface area contributed by atoms with Crippen LogP contribution in [-0.2, 0) is 4.74 Å². The van der Waals surface area contributed by atoms with Gasteiger partial charge >= 0.3 is 5.97 Å². The summed E-state index contributed by atoms with van der Waals surface area (Å²) >= 11 is 5.89. The molecule has 23 heavy (non-hydrogen) atoms. The average Bonchev–Trinajstić information content (AvgIpc) is 2.87. The largest absolute Gasteiger partial charge is 0.462 e. The second kappa shape index (κ2) is 5.81.